The number of nitrogens with zero attached hydrogens (tertiary/aromatic N) is 2. The smallest absolute Gasteiger partial charge is 0.137 e. The molecule has 0 aromatic carbocycles. The second kappa shape index (κ2) is 6.35. The Morgan fingerprint density at radius 2 is 2.21 bits per heavy atom. The molecule has 2 aromatic heterocycles. The van der Waals surface area contributed by atoms with Crippen molar-refractivity contribution in [1.82, 2.24) is 9.97 Å². The molecule has 19 heavy (non-hydrogen) atoms. The van der Waals surface area contributed by atoms with Crippen molar-refractivity contribution < 1.29 is 0 Å². The summed E-state index contributed by atoms with van der Waals surface area (Å²) in [6.07, 6.45) is 1.86. The van der Waals surface area contributed by atoms with Crippen molar-refractivity contribution in [3.8, 4) is 0 Å². The maximum absolute atomic E-state index is 6.17. The van der Waals surface area contributed by atoms with Gasteiger partial charge in [0.15, 0.2) is 0 Å². The highest BCUT2D eigenvalue weighted by molar-refractivity contribution is 7.10. The first-order chi connectivity index (χ1) is 9.11. The van der Waals surface area contributed by atoms with E-state index in [1.165, 1.54) is 4.88 Å². The Hall–Kier alpha value is -1.13. The maximum Gasteiger partial charge on any atom is 0.137 e. The molecule has 0 amide bonds. The summed E-state index contributed by atoms with van der Waals surface area (Å²) in [6.45, 7) is 6.18. The number of halogens is 1. The molecular weight excluding hydrogens is 278 g/mol. The average Bonchev–Trinajstić information content (AvgIpc) is 2.89. The molecule has 1 atom stereocenters. The number of nitrogens with one attached hydrogen (secondary N) is 1. The van der Waals surface area contributed by atoms with Crippen LogP contribution in [0.5, 0.6) is 0 Å². The predicted octanol–water partition coefficient (Wildman–Crippen LogP) is 4.63. The maximum atomic E-state index is 6.17. The van der Waals surface area contributed by atoms with Gasteiger partial charge >= 0.3 is 0 Å². The van der Waals surface area contributed by atoms with Crippen LogP contribution in [-0.4, -0.2) is 9.97 Å². The van der Waals surface area contributed by atoms with Gasteiger partial charge in [-0.1, -0.05) is 24.6 Å². The monoisotopic (exact) mass is 295 g/mol. The van der Waals surface area contributed by atoms with E-state index in [1.54, 1.807) is 11.3 Å². The third-order valence-electron chi connectivity index (χ3n) is 2.93. The van der Waals surface area contributed by atoms with Crippen molar-refractivity contribution in [2.45, 2.75) is 39.7 Å². The summed E-state index contributed by atoms with van der Waals surface area (Å²) in [5, 5.41) is 6.05. The molecule has 0 saturated carbocycles. The molecular formula is C14H18ClN3S. The summed E-state index contributed by atoms with van der Waals surface area (Å²) >= 11 is 7.91. The minimum absolute atomic E-state index is 0.221. The molecule has 0 aliphatic carbocycles. The van der Waals surface area contributed by atoms with Gasteiger partial charge in [-0.15, -0.1) is 11.3 Å². The number of hydrogen-bond acceptors (Lipinski definition) is 4. The highest BCUT2D eigenvalue weighted by atomic mass is 35.5. The summed E-state index contributed by atoms with van der Waals surface area (Å²) < 4.78 is 0. The molecule has 2 rings (SSSR count). The van der Waals surface area contributed by atoms with E-state index in [4.69, 9.17) is 11.6 Å². The van der Waals surface area contributed by atoms with Crippen LogP contribution >= 0.6 is 22.9 Å². The lowest BCUT2D eigenvalue weighted by atomic mass is 10.2. The molecule has 0 radical (unpaired) electrons. The summed E-state index contributed by atoms with van der Waals surface area (Å²) in [5.74, 6) is 1.64. The van der Waals surface area contributed by atoms with Crippen molar-refractivity contribution in [3.05, 3.63) is 38.9 Å². The van der Waals surface area contributed by atoms with Crippen LogP contribution in [0.2, 0.25) is 5.15 Å². The molecule has 0 bridgehead atoms. The fourth-order valence-electron chi connectivity index (χ4n) is 1.82. The third kappa shape index (κ3) is 3.45. The van der Waals surface area contributed by atoms with Crippen LogP contribution in [0.25, 0.3) is 0 Å². The zero-order chi connectivity index (χ0) is 13.8. The minimum atomic E-state index is 0.221. The molecule has 2 aromatic rings. The molecule has 3 nitrogen and oxygen atoms in total. The number of anilines is 1. The zero-order valence-corrected chi connectivity index (χ0v) is 13.0. The summed E-state index contributed by atoms with van der Waals surface area (Å²) in [6, 6.07) is 4.40. The molecule has 1 N–H and O–H groups in total. The second-order valence-electron chi connectivity index (χ2n) is 4.54. The number of hydrogen-bond donors (Lipinski definition) is 1. The van der Waals surface area contributed by atoms with Gasteiger partial charge in [-0.2, -0.15) is 0 Å². The van der Waals surface area contributed by atoms with E-state index in [1.807, 2.05) is 6.92 Å². The molecule has 1 unspecified atom stereocenters. The Morgan fingerprint density at radius 3 is 2.84 bits per heavy atom. The van der Waals surface area contributed by atoms with Gasteiger partial charge in [0, 0.05) is 16.9 Å². The van der Waals surface area contributed by atoms with E-state index < -0.39 is 0 Å². The number of rotatable bonds is 5. The van der Waals surface area contributed by atoms with Crippen LogP contribution in [0.1, 0.15) is 42.6 Å². The van der Waals surface area contributed by atoms with Crippen molar-refractivity contribution in [1.29, 1.82) is 0 Å². The lowest BCUT2D eigenvalue weighted by molar-refractivity contribution is 0.818. The largest absolute Gasteiger partial charge is 0.362 e. The van der Waals surface area contributed by atoms with E-state index in [0.29, 0.717) is 5.15 Å². The molecule has 0 fully saturated rings. The average molecular weight is 296 g/mol. The van der Waals surface area contributed by atoms with Crippen molar-refractivity contribution >= 4 is 28.8 Å². The Morgan fingerprint density at radius 1 is 1.42 bits per heavy atom. The minimum Gasteiger partial charge on any atom is -0.362 e. The topological polar surface area (TPSA) is 37.8 Å². The standard InChI is InChI=1S/C14H18ClN3S/c1-4-6-12-17-13(15)9(2)14(18-12)16-10(3)11-7-5-8-19-11/h5,7-8,10H,4,6H2,1-3H3,(H,16,17,18). The Balaban J connectivity index is 2.23. The van der Waals surface area contributed by atoms with Gasteiger partial charge in [0.1, 0.15) is 16.8 Å². The van der Waals surface area contributed by atoms with E-state index in [-0.39, 0.29) is 6.04 Å². The van der Waals surface area contributed by atoms with Crippen LogP contribution in [0, 0.1) is 6.92 Å². The van der Waals surface area contributed by atoms with Crippen molar-refractivity contribution in [2.24, 2.45) is 0 Å². The Kier molecular flexibility index (Phi) is 4.77. The Labute approximate surface area is 123 Å². The van der Waals surface area contributed by atoms with E-state index in [0.717, 1.165) is 30.0 Å². The highest BCUT2D eigenvalue weighted by Gasteiger charge is 2.13. The first kappa shape index (κ1) is 14.3. The normalized spacial score (nSPS) is 12.4. The SMILES string of the molecule is CCCc1nc(Cl)c(C)c(NC(C)c2cccs2)n1. The summed E-state index contributed by atoms with van der Waals surface area (Å²) in [5.41, 5.74) is 0.907. The fraction of sp³-hybridized carbons (Fsp3) is 0.429. The molecule has 0 aliphatic rings. The Bertz CT molecular complexity index is 540. The highest BCUT2D eigenvalue weighted by Crippen LogP contribution is 2.26. The molecule has 2 heterocycles. The van der Waals surface area contributed by atoms with Gasteiger partial charge in [0.05, 0.1) is 6.04 Å². The lowest BCUT2D eigenvalue weighted by Crippen LogP contribution is -2.10. The molecule has 102 valence electrons. The van der Waals surface area contributed by atoms with Gasteiger partial charge in [0.25, 0.3) is 0 Å². The van der Waals surface area contributed by atoms with E-state index in [9.17, 15) is 0 Å². The van der Waals surface area contributed by atoms with Gasteiger partial charge in [-0.3, -0.25) is 0 Å². The van der Waals surface area contributed by atoms with Gasteiger partial charge in [-0.25, -0.2) is 9.97 Å². The first-order valence-corrected chi connectivity index (χ1v) is 7.70. The van der Waals surface area contributed by atoms with Crippen LogP contribution in [0.4, 0.5) is 5.82 Å². The molecule has 0 spiro atoms. The lowest BCUT2D eigenvalue weighted by Gasteiger charge is -2.16. The van der Waals surface area contributed by atoms with E-state index >= 15 is 0 Å². The summed E-state index contributed by atoms with van der Waals surface area (Å²) in [7, 11) is 0. The number of thiophene rings is 1. The number of aromatic nitrogens is 2. The predicted molar refractivity (Wildman–Crippen MR) is 82.1 cm³/mol. The van der Waals surface area contributed by atoms with Crippen LogP contribution in [0.3, 0.4) is 0 Å². The van der Waals surface area contributed by atoms with Gasteiger partial charge in [-0.05, 0) is 31.7 Å². The van der Waals surface area contributed by atoms with Gasteiger partial charge in [0.2, 0.25) is 0 Å². The van der Waals surface area contributed by atoms with E-state index in [2.05, 4.69) is 46.6 Å². The number of aryl methyl sites for hydroxylation is 1. The van der Waals surface area contributed by atoms with Crippen LogP contribution < -0.4 is 5.32 Å². The van der Waals surface area contributed by atoms with Crippen LogP contribution in [0.15, 0.2) is 17.5 Å². The molecule has 5 heteroatoms. The van der Waals surface area contributed by atoms with Gasteiger partial charge < -0.3 is 5.32 Å². The summed E-state index contributed by atoms with van der Waals surface area (Å²) in [4.78, 5) is 10.2. The van der Waals surface area contributed by atoms with Crippen molar-refractivity contribution in [3.63, 3.8) is 0 Å². The zero-order valence-electron chi connectivity index (χ0n) is 11.4. The third-order valence-corrected chi connectivity index (χ3v) is 4.35. The first-order valence-electron chi connectivity index (χ1n) is 6.44. The quantitative estimate of drug-likeness (QED) is 0.818. The second-order valence-corrected chi connectivity index (χ2v) is 5.87. The molecule has 0 aliphatic heterocycles. The van der Waals surface area contributed by atoms with Crippen LogP contribution in [-0.2, 0) is 6.42 Å². The molecule has 0 saturated heterocycles. The fourth-order valence-corrected chi connectivity index (χ4v) is 2.74. The van der Waals surface area contributed by atoms with Crippen molar-refractivity contribution in [2.75, 3.05) is 5.32 Å².